The van der Waals surface area contributed by atoms with Crippen molar-refractivity contribution in [2.24, 2.45) is 0 Å². The number of methoxy groups -OCH3 is 1. The molecule has 0 amide bonds. The molecule has 1 aromatic heterocycles. The van der Waals surface area contributed by atoms with Crippen LogP contribution in [0.3, 0.4) is 0 Å². The van der Waals surface area contributed by atoms with E-state index in [1.165, 1.54) is 0 Å². The molecular weight excluding hydrogens is 368 g/mol. The first-order valence-corrected chi connectivity index (χ1v) is 9.54. The van der Waals surface area contributed by atoms with Crippen LogP contribution in [-0.2, 0) is 4.79 Å². The van der Waals surface area contributed by atoms with Crippen LogP contribution in [0.5, 0.6) is 5.75 Å². The Labute approximate surface area is 167 Å². The lowest BCUT2D eigenvalue weighted by Gasteiger charge is -2.29. The minimum Gasteiger partial charge on any atom is -0.497 e. The molecule has 0 bridgehead atoms. The number of benzene rings is 2. The quantitative estimate of drug-likeness (QED) is 0.699. The first-order valence-electron chi connectivity index (χ1n) is 9.54. The number of hydrogen-bond acceptors (Lipinski definition) is 7. The van der Waals surface area contributed by atoms with E-state index in [0.717, 1.165) is 28.1 Å². The van der Waals surface area contributed by atoms with E-state index < -0.39 is 0 Å². The van der Waals surface area contributed by atoms with Gasteiger partial charge in [-0.05, 0) is 45.9 Å². The summed E-state index contributed by atoms with van der Waals surface area (Å²) in [6.45, 7) is 0. The first kappa shape index (κ1) is 17.5. The maximum atomic E-state index is 13.3. The number of hydrogen-bond donors (Lipinski definition) is 2. The fourth-order valence-corrected chi connectivity index (χ4v) is 4.11. The number of aromatic nitrogens is 2. The number of anilines is 2. The first-order chi connectivity index (χ1) is 14.2. The lowest BCUT2D eigenvalue weighted by Crippen LogP contribution is -2.27. The van der Waals surface area contributed by atoms with Crippen molar-refractivity contribution < 1.29 is 14.2 Å². The van der Waals surface area contributed by atoms with Crippen molar-refractivity contribution in [1.29, 1.82) is 0 Å². The van der Waals surface area contributed by atoms with E-state index in [1.54, 1.807) is 7.11 Å². The van der Waals surface area contributed by atoms with E-state index in [-0.39, 0.29) is 17.7 Å². The van der Waals surface area contributed by atoms with E-state index in [1.807, 2.05) is 54.6 Å². The van der Waals surface area contributed by atoms with Gasteiger partial charge in [-0.1, -0.05) is 42.5 Å². The van der Waals surface area contributed by atoms with Gasteiger partial charge in [0.25, 0.3) is 0 Å². The van der Waals surface area contributed by atoms with Gasteiger partial charge >= 0.3 is 0 Å². The number of nitrogens with zero attached hydrogens (tertiary/aromatic N) is 2. The van der Waals surface area contributed by atoms with Crippen LogP contribution < -0.4 is 15.4 Å². The maximum absolute atomic E-state index is 13.3. The molecule has 146 valence electrons. The Morgan fingerprint density at radius 1 is 0.966 bits per heavy atom. The zero-order valence-electron chi connectivity index (χ0n) is 15.9. The molecule has 2 atom stereocenters. The predicted molar refractivity (Wildman–Crippen MR) is 108 cm³/mol. The van der Waals surface area contributed by atoms with Crippen LogP contribution in [0.1, 0.15) is 35.9 Å². The van der Waals surface area contributed by atoms with Crippen LogP contribution in [0, 0.1) is 0 Å². The van der Waals surface area contributed by atoms with Gasteiger partial charge in [-0.2, -0.15) is 0 Å². The Bertz CT molecular complexity index is 1070. The van der Waals surface area contributed by atoms with Gasteiger partial charge in [0.05, 0.1) is 13.2 Å². The fourth-order valence-electron chi connectivity index (χ4n) is 4.11. The monoisotopic (exact) mass is 388 g/mol. The summed E-state index contributed by atoms with van der Waals surface area (Å²) in [5.41, 5.74) is 3.70. The third-order valence-electron chi connectivity index (χ3n) is 5.56. The number of Topliss-reactive ketones (excluding diaryl/α,β-unsaturated/α-hetero) is 1. The summed E-state index contributed by atoms with van der Waals surface area (Å²) >= 11 is 0. The van der Waals surface area contributed by atoms with Gasteiger partial charge in [-0.25, -0.2) is 4.63 Å². The van der Waals surface area contributed by atoms with E-state index in [9.17, 15) is 4.79 Å². The van der Waals surface area contributed by atoms with Crippen LogP contribution in [0.2, 0.25) is 0 Å². The number of ether oxygens (including phenoxy) is 1. The van der Waals surface area contributed by atoms with Gasteiger partial charge in [-0.15, -0.1) is 0 Å². The summed E-state index contributed by atoms with van der Waals surface area (Å²) < 4.78 is 10.2. The highest BCUT2D eigenvalue weighted by Crippen LogP contribution is 2.43. The van der Waals surface area contributed by atoms with E-state index in [4.69, 9.17) is 9.37 Å². The molecule has 0 radical (unpaired) electrons. The number of fused-ring (bicyclic) bond motifs is 1. The molecular formula is C22H20N4O3. The minimum absolute atomic E-state index is 0.0810. The summed E-state index contributed by atoms with van der Waals surface area (Å²) in [5.74, 6) is 2.00. The van der Waals surface area contributed by atoms with Crippen molar-refractivity contribution in [3.63, 3.8) is 0 Å². The summed E-state index contributed by atoms with van der Waals surface area (Å²) in [7, 11) is 1.64. The normalized spacial score (nSPS) is 20.8. The van der Waals surface area contributed by atoms with Crippen molar-refractivity contribution in [2.75, 3.05) is 17.7 Å². The molecule has 0 fully saturated rings. The molecule has 2 aromatic carbocycles. The SMILES string of the molecule is COc1ccc([C@@H]2CC(=O)C3=C(C2)Nc2nonc2N[C@H]3c2ccccc2)cc1. The Kier molecular flexibility index (Phi) is 4.27. The second kappa shape index (κ2) is 7.09. The standard InChI is InChI=1S/C22H20N4O3/c1-28-16-9-7-13(8-10-16)15-11-17-19(18(27)12-15)20(14-5-3-2-4-6-14)24-22-21(23-17)25-29-26-22/h2-10,15,20H,11-12H2,1H3,(H,23,25)(H,24,26)/t15-,20-/m0/s1. The summed E-state index contributed by atoms with van der Waals surface area (Å²) in [6, 6.07) is 17.5. The number of carbonyl (C=O) groups excluding carboxylic acids is 1. The van der Waals surface area contributed by atoms with Gasteiger partial charge in [0.1, 0.15) is 5.75 Å². The minimum atomic E-state index is -0.309. The number of rotatable bonds is 3. The van der Waals surface area contributed by atoms with Gasteiger partial charge in [0, 0.05) is 17.7 Å². The zero-order chi connectivity index (χ0) is 19.8. The zero-order valence-corrected chi connectivity index (χ0v) is 15.9. The second-order valence-electron chi connectivity index (χ2n) is 7.27. The Hall–Kier alpha value is -3.61. The molecule has 1 aliphatic heterocycles. The highest BCUT2D eigenvalue weighted by Gasteiger charge is 2.37. The summed E-state index contributed by atoms with van der Waals surface area (Å²) in [5, 5.41) is 14.5. The molecule has 7 nitrogen and oxygen atoms in total. The third kappa shape index (κ3) is 3.14. The number of ketones is 1. The van der Waals surface area contributed by atoms with Crippen LogP contribution in [-0.4, -0.2) is 23.2 Å². The van der Waals surface area contributed by atoms with Gasteiger partial charge in [0.2, 0.25) is 11.6 Å². The van der Waals surface area contributed by atoms with Crippen LogP contribution >= 0.6 is 0 Å². The van der Waals surface area contributed by atoms with Crippen LogP contribution in [0.25, 0.3) is 0 Å². The molecule has 5 rings (SSSR count). The topological polar surface area (TPSA) is 89.3 Å². The van der Waals surface area contributed by atoms with Crippen molar-refractivity contribution >= 4 is 17.4 Å². The lowest BCUT2D eigenvalue weighted by atomic mass is 9.78. The fraction of sp³-hybridized carbons (Fsp3) is 0.227. The Morgan fingerprint density at radius 2 is 1.72 bits per heavy atom. The van der Waals surface area contributed by atoms with Crippen LogP contribution in [0.15, 0.2) is 70.5 Å². The molecule has 2 aliphatic rings. The van der Waals surface area contributed by atoms with Gasteiger partial charge in [-0.3, -0.25) is 4.79 Å². The highest BCUT2D eigenvalue weighted by atomic mass is 16.6. The molecule has 0 saturated heterocycles. The average molecular weight is 388 g/mol. The number of nitrogens with one attached hydrogen (secondary N) is 2. The second-order valence-corrected chi connectivity index (χ2v) is 7.27. The van der Waals surface area contributed by atoms with Crippen LogP contribution in [0.4, 0.5) is 11.6 Å². The predicted octanol–water partition coefficient (Wildman–Crippen LogP) is 4.06. The van der Waals surface area contributed by atoms with E-state index in [2.05, 4.69) is 20.9 Å². The molecule has 29 heavy (non-hydrogen) atoms. The van der Waals surface area contributed by atoms with E-state index in [0.29, 0.717) is 24.5 Å². The molecule has 0 saturated carbocycles. The van der Waals surface area contributed by atoms with Crippen molar-refractivity contribution in [2.45, 2.75) is 24.8 Å². The molecule has 0 unspecified atom stereocenters. The number of allylic oxidation sites excluding steroid dienone is 1. The Balaban J connectivity index is 1.56. The molecule has 1 aliphatic carbocycles. The van der Waals surface area contributed by atoms with Gasteiger partial charge < -0.3 is 15.4 Å². The van der Waals surface area contributed by atoms with E-state index >= 15 is 0 Å². The highest BCUT2D eigenvalue weighted by molar-refractivity contribution is 6.00. The average Bonchev–Trinajstić information content (AvgIpc) is 3.13. The molecule has 7 heteroatoms. The van der Waals surface area contributed by atoms with Gasteiger partial charge in [0.15, 0.2) is 5.78 Å². The molecule has 0 spiro atoms. The Morgan fingerprint density at radius 3 is 2.48 bits per heavy atom. The molecule has 2 N–H and O–H groups in total. The van der Waals surface area contributed by atoms with Crippen molar-refractivity contribution in [1.82, 2.24) is 10.3 Å². The lowest BCUT2D eigenvalue weighted by molar-refractivity contribution is -0.116. The molecule has 3 aromatic rings. The van der Waals surface area contributed by atoms with Crippen molar-refractivity contribution in [3.8, 4) is 5.75 Å². The number of carbonyl (C=O) groups is 1. The smallest absolute Gasteiger partial charge is 0.219 e. The maximum Gasteiger partial charge on any atom is 0.219 e. The summed E-state index contributed by atoms with van der Waals surface area (Å²) in [4.78, 5) is 13.3. The largest absolute Gasteiger partial charge is 0.497 e. The molecule has 2 heterocycles. The third-order valence-corrected chi connectivity index (χ3v) is 5.56. The van der Waals surface area contributed by atoms with Crippen molar-refractivity contribution in [3.05, 3.63) is 77.0 Å². The summed E-state index contributed by atoms with van der Waals surface area (Å²) in [6.07, 6.45) is 1.15.